The predicted molar refractivity (Wildman–Crippen MR) is 105 cm³/mol. The Kier molecular flexibility index (Phi) is 4.16. The van der Waals surface area contributed by atoms with E-state index >= 15 is 0 Å². The maximum Gasteiger partial charge on any atom is 0.254 e. The Morgan fingerprint density at radius 1 is 1.19 bits per heavy atom. The van der Waals surface area contributed by atoms with Crippen LogP contribution < -0.4 is 15.4 Å². The largest absolute Gasteiger partial charge is 0.378 e. The zero-order valence-corrected chi connectivity index (χ0v) is 15.6. The van der Waals surface area contributed by atoms with Gasteiger partial charge in [0.2, 0.25) is 5.95 Å². The molecule has 3 aliphatic rings. The topological polar surface area (TPSA) is 61.5 Å². The van der Waals surface area contributed by atoms with E-state index in [0.29, 0.717) is 24.7 Å². The predicted octanol–water partition coefficient (Wildman–Crippen LogP) is 2.21. The number of ether oxygens (including phenoxy) is 1. The lowest BCUT2D eigenvalue weighted by Crippen LogP contribution is -2.39. The van der Waals surface area contributed by atoms with E-state index in [1.54, 1.807) is 6.07 Å². The van der Waals surface area contributed by atoms with Crippen LogP contribution in [0.2, 0.25) is 0 Å². The summed E-state index contributed by atoms with van der Waals surface area (Å²) in [5.41, 5.74) is 1.71. The van der Waals surface area contributed by atoms with Gasteiger partial charge in [0.05, 0.1) is 13.2 Å². The van der Waals surface area contributed by atoms with Gasteiger partial charge in [-0.15, -0.1) is 0 Å². The first-order valence-electron chi connectivity index (χ1n) is 9.96. The Hall–Kier alpha value is -2.34. The molecule has 27 heavy (non-hydrogen) atoms. The fraction of sp³-hybridized carbons (Fsp3) is 0.524. The number of morpholine rings is 1. The second-order valence-electron chi connectivity index (χ2n) is 8.20. The van der Waals surface area contributed by atoms with Crippen LogP contribution in [0.25, 0.3) is 0 Å². The molecule has 0 amide bonds. The van der Waals surface area contributed by atoms with Gasteiger partial charge in [-0.25, -0.2) is 0 Å². The summed E-state index contributed by atoms with van der Waals surface area (Å²) >= 11 is 0. The van der Waals surface area contributed by atoms with Crippen LogP contribution in [0.15, 0.2) is 41.2 Å². The first kappa shape index (κ1) is 16.8. The SMILES string of the molecule is O=c1cc(N2CCOCC2)nc(N2CC3(CC3)C[C@@H]2Cc2ccccc2)[nH]1. The molecule has 2 aliphatic heterocycles. The fourth-order valence-corrected chi connectivity index (χ4v) is 4.54. The van der Waals surface area contributed by atoms with Crippen molar-refractivity contribution in [2.45, 2.75) is 31.7 Å². The van der Waals surface area contributed by atoms with Crippen molar-refractivity contribution in [3.63, 3.8) is 0 Å². The smallest absolute Gasteiger partial charge is 0.254 e. The molecule has 5 rings (SSSR count). The summed E-state index contributed by atoms with van der Waals surface area (Å²) in [6, 6.07) is 12.6. The van der Waals surface area contributed by atoms with Crippen molar-refractivity contribution in [1.29, 1.82) is 0 Å². The molecule has 142 valence electrons. The van der Waals surface area contributed by atoms with Crippen LogP contribution in [0.5, 0.6) is 0 Å². The molecule has 0 radical (unpaired) electrons. The average molecular weight is 366 g/mol. The van der Waals surface area contributed by atoms with Crippen molar-refractivity contribution in [1.82, 2.24) is 9.97 Å². The minimum absolute atomic E-state index is 0.0725. The van der Waals surface area contributed by atoms with Crippen LogP contribution in [0.4, 0.5) is 11.8 Å². The lowest BCUT2D eigenvalue weighted by molar-refractivity contribution is 0.122. The molecule has 1 N–H and O–H groups in total. The monoisotopic (exact) mass is 366 g/mol. The highest BCUT2D eigenvalue weighted by Crippen LogP contribution is 2.55. The highest BCUT2D eigenvalue weighted by atomic mass is 16.5. The maximum absolute atomic E-state index is 12.4. The van der Waals surface area contributed by atoms with E-state index in [9.17, 15) is 4.79 Å². The molecule has 1 spiro atoms. The van der Waals surface area contributed by atoms with E-state index in [4.69, 9.17) is 9.72 Å². The summed E-state index contributed by atoms with van der Waals surface area (Å²) in [6.45, 7) is 3.95. The fourth-order valence-electron chi connectivity index (χ4n) is 4.54. The molecule has 6 nitrogen and oxygen atoms in total. The lowest BCUT2D eigenvalue weighted by atomic mass is 9.98. The van der Waals surface area contributed by atoms with E-state index in [0.717, 1.165) is 37.8 Å². The van der Waals surface area contributed by atoms with E-state index in [-0.39, 0.29) is 5.56 Å². The molecule has 1 saturated carbocycles. The van der Waals surface area contributed by atoms with Gasteiger partial charge in [0.1, 0.15) is 5.82 Å². The molecule has 1 atom stereocenters. The molecule has 0 unspecified atom stereocenters. The third-order valence-electron chi connectivity index (χ3n) is 6.21. The van der Waals surface area contributed by atoms with E-state index in [2.05, 4.69) is 45.1 Å². The van der Waals surface area contributed by atoms with Gasteiger partial charge in [0, 0.05) is 31.7 Å². The number of H-pyrrole nitrogens is 1. The van der Waals surface area contributed by atoms with Crippen molar-refractivity contribution in [3.05, 3.63) is 52.3 Å². The average Bonchev–Trinajstić information content (AvgIpc) is 3.36. The van der Waals surface area contributed by atoms with Crippen molar-refractivity contribution < 1.29 is 4.74 Å². The molecule has 3 heterocycles. The number of nitrogens with zero attached hydrogens (tertiary/aromatic N) is 3. The zero-order valence-electron chi connectivity index (χ0n) is 15.6. The normalized spacial score (nSPS) is 23.8. The summed E-state index contributed by atoms with van der Waals surface area (Å²) in [5.74, 6) is 1.50. The second kappa shape index (κ2) is 6.68. The van der Waals surface area contributed by atoms with Crippen molar-refractivity contribution >= 4 is 11.8 Å². The quantitative estimate of drug-likeness (QED) is 0.899. The van der Waals surface area contributed by atoms with Crippen molar-refractivity contribution in [3.8, 4) is 0 Å². The Labute approximate surface area is 159 Å². The van der Waals surface area contributed by atoms with Gasteiger partial charge >= 0.3 is 0 Å². The van der Waals surface area contributed by atoms with Gasteiger partial charge < -0.3 is 14.5 Å². The summed E-state index contributed by atoms with van der Waals surface area (Å²) < 4.78 is 5.43. The minimum Gasteiger partial charge on any atom is -0.378 e. The highest BCUT2D eigenvalue weighted by molar-refractivity contribution is 5.46. The Balaban J connectivity index is 1.44. The van der Waals surface area contributed by atoms with Crippen LogP contribution in [-0.2, 0) is 11.2 Å². The summed E-state index contributed by atoms with van der Waals surface area (Å²) in [6.07, 6.45) is 4.77. The molecule has 1 aromatic carbocycles. The molecule has 1 aromatic heterocycles. The van der Waals surface area contributed by atoms with Crippen LogP contribution in [0.1, 0.15) is 24.8 Å². The van der Waals surface area contributed by atoms with Crippen LogP contribution in [0, 0.1) is 5.41 Å². The number of hydrogen-bond acceptors (Lipinski definition) is 5. The molecule has 6 heteroatoms. The standard InChI is InChI=1S/C21H26N4O2/c26-19-13-18(24-8-10-27-11-9-24)22-20(23-19)25-15-21(6-7-21)14-17(25)12-16-4-2-1-3-5-16/h1-5,13,17H,6-12,14-15H2,(H,22,23,26)/t17-/m0/s1. The van der Waals surface area contributed by atoms with E-state index in [1.165, 1.54) is 24.8 Å². The van der Waals surface area contributed by atoms with Gasteiger partial charge in [0.25, 0.3) is 5.56 Å². The number of aromatic amines is 1. The third-order valence-corrected chi connectivity index (χ3v) is 6.21. The van der Waals surface area contributed by atoms with Crippen LogP contribution in [-0.4, -0.2) is 48.9 Å². The van der Waals surface area contributed by atoms with Gasteiger partial charge in [-0.05, 0) is 36.7 Å². The van der Waals surface area contributed by atoms with Gasteiger partial charge in [-0.2, -0.15) is 4.98 Å². The summed E-state index contributed by atoms with van der Waals surface area (Å²) in [5, 5.41) is 0. The lowest BCUT2D eigenvalue weighted by Gasteiger charge is -2.30. The molecule has 2 aromatic rings. The summed E-state index contributed by atoms with van der Waals surface area (Å²) in [4.78, 5) is 24.8. The van der Waals surface area contributed by atoms with Gasteiger partial charge in [-0.1, -0.05) is 30.3 Å². The molecular formula is C21H26N4O2. The van der Waals surface area contributed by atoms with Crippen molar-refractivity contribution in [2.75, 3.05) is 42.6 Å². The number of hydrogen-bond donors (Lipinski definition) is 1. The molecule has 3 fully saturated rings. The highest BCUT2D eigenvalue weighted by Gasteiger charge is 2.52. The third kappa shape index (κ3) is 3.46. The molecule has 2 saturated heterocycles. The Bertz CT molecular complexity index is 856. The van der Waals surface area contributed by atoms with Gasteiger partial charge in [0.15, 0.2) is 0 Å². The van der Waals surface area contributed by atoms with Crippen LogP contribution in [0.3, 0.4) is 0 Å². The molecule has 0 bridgehead atoms. The number of rotatable bonds is 4. The van der Waals surface area contributed by atoms with Gasteiger partial charge in [-0.3, -0.25) is 9.78 Å². The number of aromatic nitrogens is 2. The maximum atomic E-state index is 12.4. The molecule has 1 aliphatic carbocycles. The first-order chi connectivity index (χ1) is 13.2. The number of benzene rings is 1. The Morgan fingerprint density at radius 3 is 2.70 bits per heavy atom. The van der Waals surface area contributed by atoms with Crippen molar-refractivity contribution in [2.24, 2.45) is 5.41 Å². The number of anilines is 2. The minimum atomic E-state index is -0.0725. The summed E-state index contributed by atoms with van der Waals surface area (Å²) in [7, 11) is 0. The van der Waals surface area contributed by atoms with E-state index in [1.807, 2.05) is 0 Å². The van der Waals surface area contributed by atoms with E-state index < -0.39 is 0 Å². The zero-order chi connectivity index (χ0) is 18.3. The molecular weight excluding hydrogens is 340 g/mol. The Morgan fingerprint density at radius 2 is 1.96 bits per heavy atom. The second-order valence-corrected chi connectivity index (χ2v) is 8.20. The first-order valence-corrected chi connectivity index (χ1v) is 9.96. The van der Waals surface area contributed by atoms with Crippen LogP contribution >= 0.6 is 0 Å². The number of nitrogens with one attached hydrogen (secondary N) is 1.